The number of piperazine rings is 1. The molecule has 1 aliphatic rings. The van der Waals surface area contributed by atoms with Gasteiger partial charge in [0, 0.05) is 32.4 Å². The third-order valence-electron chi connectivity index (χ3n) is 3.29. The van der Waals surface area contributed by atoms with E-state index in [0.29, 0.717) is 0 Å². The molecule has 2 heterocycles. The van der Waals surface area contributed by atoms with Crippen molar-refractivity contribution in [2.24, 2.45) is 10.9 Å². The van der Waals surface area contributed by atoms with Gasteiger partial charge in [0.2, 0.25) is 0 Å². The SMILES string of the molecule is CC(C(N)=NO)N1CCN(c2cccnn2)CC1. The second-order valence-corrected chi connectivity index (χ2v) is 4.31. The number of anilines is 1. The van der Waals surface area contributed by atoms with Crippen molar-refractivity contribution < 1.29 is 5.21 Å². The van der Waals surface area contributed by atoms with Crippen molar-refractivity contribution >= 4 is 11.7 Å². The van der Waals surface area contributed by atoms with Gasteiger partial charge < -0.3 is 15.8 Å². The summed E-state index contributed by atoms with van der Waals surface area (Å²) in [6.07, 6.45) is 1.67. The minimum atomic E-state index is -0.0426. The lowest BCUT2D eigenvalue weighted by Gasteiger charge is -2.37. The fraction of sp³-hybridized carbons (Fsp3) is 0.545. The van der Waals surface area contributed by atoms with Crippen LogP contribution in [-0.2, 0) is 0 Å². The molecule has 1 aliphatic heterocycles. The first-order valence-electron chi connectivity index (χ1n) is 5.96. The minimum Gasteiger partial charge on any atom is -0.409 e. The monoisotopic (exact) mass is 250 g/mol. The van der Waals surface area contributed by atoms with E-state index in [1.165, 1.54) is 0 Å². The average molecular weight is 250 g/mol. The largest absolute Gasteiger partial charge is 0.409 e. The third kappa shape index (κ3) is 2.67. The van der Waals surface area contributed by atoms with Crippen molar-refractivity contribution in [2.45, 2.75) is 13.0 Å². The molecule has 98 valence electrons. The molecule has 1 aromatic heterocycles. The first-order chi connectivity index (χ1) is 8.72. The van der Waals surface area contributed by atoms with E-state index in [0.717, 1.165) is 32.0 Å². The quantitative estimate of drug-likeness (QED) is 0.332. The number of hydrogen-bond donors (Lipinski definition) is 2. The Morgan fingerprint density at radius 3 is 2.72 bits per heavy atom. The van der Waals surface area contributed by atoms with Crippen molar-refractivity contribution in [2.75, 3.05) is 31.1 Å². The molecule has 0 aliphatic carbocycles. The lowest BCUT2D eigenvalue weighted by atomic mass is 10.2. The van der Waals surface area contributed by atoms with E-state index in [9.17, 15) is 0 Å². The highest BCUT2D eigenvalue weighted by Crippen LogP contribution is 2.13. The van der Waals surface area contributed by atoms with Gasteiger partial charge in [-0.15, -0.1) is 5.10 Å². The molecule has 1 unspecified atom stereocenters. The van der Waals surface area contributed by atoms with E-state index in [1.54, 1.807) is 6.20 Å². The first-order valence-corrected chi connectivity index (χ1v) is 5.96. The van der Waals surface area contributed by atoms with Gasteiger partial charge in [0.05, 0.1) is 6.04 Å². The lowest BCUT2D eigenvalue weighted by molar-refractivity contribution is 0.229. The summed E-state index contributed by atoms with van der Waals surface area (Å²) in [5.41, 5.74) is 5.62. The molecule has 0 amide bonds. The number of hydrogen-bond acceptors (Lipinski definition) is 6. The van der Waals surface area contributed by atoms with Crippen molar-refractivity contribution in [3.8, 4) is 0 Å². The predicted molar refractivity (Wildman–Crippen MR) is 68.7 cm³/mol. The van der Waals surface area contributed by atoms with Crippen LogP contribution in [0.3, 0.4) is 0 Å². The molecular formula is C11H18N6O. The van der Waals surface area contributed by atoms with Crippen molar-refractivity contribution in [1.82, 2.24) is 15.1 Å². The van der Waals surface area contributed by atoms with E-state index >= 15 is 0 Å². The van der Waals surface area contributed by atoms with E-state index < -0.39 is 0 Å². The van der Waals surface area contributed by atoms with Gasteiger partial charge in [-0.05, 0) is 19.1 Å². The van der Waals surface area contributed by atoms with Crippen LogP contribution in [0.5, 0.6) is 0 Å². The van der Waals surface area contributed by atoms with Crippen LogP contribution >= 0.6 is 0 Å². The maximum Gasteiger partial charge on any atom is 0.156 e. The minimum absolute atomic E-state index is 0.0426. The van der Waals surface area contributed by atoms with Crippen LogP contribution in [0.15, 0.2) is 23.5 Å². The van der Waals surface area contributed by atoms with Gasteiger partial charge in [0.1, 0.15) is 0 Å². The highest BCUT2D eigenvalue weighted by Gasteiger charge is 2.23. The summed E-state index contributed by atoms with van der Waals surface area (Å²) >= 11 is 0. The number of nitrogens with zero attached hydrogens (tertiary/aromatic N) is 5. The standard InChI is InChI=1S/C11H18N6O/c1-9(11(12)15-18)16-5-7-17(8-6-16)10-3-2-4-13-14-10/h2-4,9,18H,5-8H2,1H3,(H2,12,15). The summed E-state index contributed by atoms with van der Waals surface area (Å²) < 4.78 is 0. The molecule has 0 saturated carbocycles. The summed E-state index contributed by atoms with van der Waals surface area (Å²) in [5, 5.41) is 19.7. The van der Waals surface area contributed by atoms with Crippen LogP contribution < -0.4 is 10.6 Å². The molecule has 3 N–H and O–H groups in total. The van der Waals surface area contributed by atoms with E-state index in [1.807, 2.05) is 19.1 Å². The lowest BCUT2D eigenvalue weighted by Crippen LogP contribution is -2.53. The zero-order chi connectivity index (χ0) is 13.0. The highest BCUT2D eigenvalue weighted by molar-refractivity contribution is 5.84. The van der Waals surface area contributed by atoms with Gasteiger partial charge in [0.15, 0.2) is 11.7 Å². The molecule has 7 heteroatoms. The van der Waals surface area contributed by atoms with Gasteiger partial charge in [-0.3, -0.25) is 4.90 Å². The summed E-state index contributed by atoms with van der Waals surface area (Å²) in [6.45, 7) is 5.37. The number of nitrogens with two attached hydrogens (primary N) is 1. The van der Waals surface area contributed by atoms with E-state index in [2.05, 4.69) is 25.2 Å². The fourth-order valence-electron chi connectivity index (χ4n) is 2.07. The fourth-order valence-corrected chi connectivity index (χ4v) is 2.07. The van der Waals surface area contributed by atoms with Gasteiger partial charge >= 0.3 is 0 Å². The molecule has 0 bridgehead atoms. The molecule has 0 aromatic carbocycles. The molecule has 2 rings (SSSR count). The van der Waals surface area contributed by atoms with Crippen LogP contribution in [0.25, 0.3) is 0 Å². The normalized spacial score (nSPS) is 19.8. The molecule has 1 atom stereocenters. The number of oxime groups is 1. The van der Waals surface area contributed by atoms with E-state index in [-0.39, 0.29) is 11.9 Å². The first kappa shape index (κ1) is 12.6. The highest BCUT2D eigenvalue weighted by atomic mass is 16.4. The maximum absolute atomic E-state index is 8.67. The Balaban J connectivity index is 1.92. The van der Waals surface area contributed by atoms with Gasteiger partial charge in [-0.25, -0.2) is 0 Å². The Morgan fingerprint density at radius 1 is 1.44 bits per heavy atom. The van der Waals surface area contributed by atoms with Gasteiger partial charge in [0.25, 0.3) is 0 Å². The number of amidine groups is 1. The molecular weight excluding hydrogens is 232 g/mol. The molecule has 18 heavy (non-hydrogen) atoms. The Kier molecular flexibility index (Phi) is 3.93. The van der Waals surface area contributed by atoms with Crippen molar-refractivity contribution in [3.63, 3.8) is 0 Å². The molecule has 7 nitrogen and oxygen atoms in total. The van der Waals surface area contributed by atoms with Crippen LogP contribution in [-0.4, -0.2) is 58.4 Å². The Morgan fingerprint density at radius 2 is 2.17 bits per heavy atom. The zero-order valence-electron chi connectivity index (χ0n) is 10.4. The smallest absolute Gasteiger partial charge is 0.156 e. The van der Waals surface area contributed by atoms with Crippen molar-refractivity contribution in [3.05, 3.63) is 18.3 Å². The van der Waals surface area contributed by atoms with Crippen LogP contribution in [0.1, 0.15) is 6.92 Å². The average Bonchev–Trinajstić information content (AvgIpc) is 2.47. The van der Waals surface area contributed by atoms with Gasteiger partial charge in [-0.1, -0.05) is 5.16 Å². The predicted octanol–water partition coefficient (Wildman–Crippen LogP) is -0.266. The zero-order valence-corrected chi connectivity index (χ0v) is 10.4. The molecule has 1 saturated heterocycles. The van der Waals surface area contributed by atoms with Crippen molar-refractivity contribution in [1.29, 1.82) is 0 Å². The number of rotatable bonds is 3. The molecule has 1 aromatic rings. The number of aromatic nitrogens is 2. The summed E-state index contributed by atoms with van der Waals surface area (Å²) in [4.78, 5) is 4.37. The summed E-state index contributed by atoms with van der Waals surface area (Å²) in [6, 6.07) is 3.79. The van der Waals surface area contributed by atoms with Crippen LogP contribution in [0.2, 0.25) is 0 Å². The third-order valence-corrected chi connectivity index (χ3v) is 3.29. The van der Waals surface area contributed by atoms with E-state index in [4.69, 9.17) is 10.9 Å². The Bertz CT molecular complexity index is 401. The van der Waals surface area contributed by atoms with Gasteiger partial charge in [-0.2, -0.15) is 5.10 Å². The Labute approximate surface area is 106 Å². The molecule has 1 fully saturated rings. The Hall–Kier alpha value is -1.89. The van der Waals surface area contributed by atoms with Crippen LogP contribution in [0.4, 0.5) is 5.82 Å². The topological polar surface area (TPSA) is 90.9 Å². The second kappa shape index (κ2) is 5.63. The van der Waals surface area contributed by atoms with Crippen LogP contribution in [0, 0.1) is 0 Å². The second-order valence-electron chi connectivity index (χ2n) is 4.31. The molecule has 0 radical (unpaired) electrons. The summed E-state index contributed by atoms with van der Waals surface area (Å²) in [5.74, 6) is 1.15. The summed E-state index contributed by atoms with van der Waals surface area (Å²) in [7, 11) is 0. The molecule has 0 spiro atoms. The maximum atomic E-state index is 8.67.